The molecular formula is C23H30N2O2. The van der Waals surface area contributed by atoms with E-state index in [1.807, 2.05) is 81.4 Å². The second-order valence-electron chi connectivity index (χ2n) is 7.13. The van der Waals surface area contributed by atoms with E-state index in [0.717, 1.165) is 17.5 Å². The van der Waals surface area contributed by atoms with Crippen molar-refractivity contribution in [3.8, 4) is 0 Å². The van der Waals surface area contributed by atoms with Crippen LogP contribution in [-0.4, -0.2) is 28.8 Å². The minimum atomic E-state index is -0.533. The van der Waals surface area contributed by atoms with Crippen molar-refractivity contribution in [3.05, 3.63) is 71.8 Å². The summed E-state index contributed by atoms with van der Waals surface area (Å²) in [6.07, 6.45) is 1.70. The summed E-state index contributed by atoms with van der Waals surface area (Å²) in [6.45, 7) is 6.29. The summed E-state index contributed by atoms with van der Waals surface area (Å²) < 4.78 is 0. The Morgan fingerprint density at radius 3 is 2.00 bits per heavy atom. The monoisotopic (exact) mass is 366 g/mol. The van der Waals surface area contributed by atoms with Gasteiger partial charge in [-0.25, -0.2) is 0 Å². The van der Waals surface area contributed by atoms with Crippen molar-refractivity contribution in [2.24, 2.45) is 0 Å². The summed E-state index contributed by atoms with van der Waals surface area (Å²) in [6, 6.07) is 19.2. The molecule has 2 aromatic carbocycles. The molecule has 0 aliphatic carbocycles. The van der Waals surface area contributed by atoms with Gasteiger partial charge in [0.1, 0.15) is 6.04 Å². The first kappa shape index (κ1) is 20.7. The summed E-state index contributed by atoms with van der Waals surface area (Å²) >= 11 is 0. The van der Waals surface area contributed by atoms with Crippen LogP contribution in [0.4, 0.5) is 0 Å². The fourth-order valence-corrected chi connectivity index (χ4v) is 3.07. The van der Waals surface area contributed by atoms with Crippen LogP contribution in [0.2, 0.25) is 0 Å². The Morgan fingerprint density at radius 2 is 1.48 bits per heavy atom. The molecule has 1 N–H and O–H groups in total. The lowest BCUT2D eigenvalue weighted by Crippen LogP contribution is -2.51. The number of rotatable bonds is 9. The molecule has 1 unspecified atom stereocenters. The van der Waals surface area contributed by atoms with Crippen molar-refractivity contribution in [1.82, 2.24) is 10.2 Å². The topological polar surface area (TPSA) is 49.4 Å². The minimum Gasteiger partial charge on any atom is -0.352 e. The van der Waals surface area contributed by atoms with Crippen LogP contribution < -0.4 is 5.32 Å². The van der Waals surface area contributed by atoms with Crippen LogP contribution >= 0.6 is 0 Å². The molecule has 0 fully saturated rings. The normalized spacial score (nSPS) is 11.9. The number of carbonyl (C=O) groups excluding carboxylic acids is 2. The maximum Gasteiger partial charge on any atom is 0.243 e. The van der Waals surface area contributed by atoms with Crippen LogP contribution in [-0.2, 0) is 22.6 Å². The highest BCUT2D eigenvalue weighted by molar-refractivity contribution is 5.88. The van der Waals surface area contributed by atoms with Crippen LogP contribution in [0.1, 0.15) is 44.7 Å². The molecule has 0 aliphatic heterocycles. The molecule has 4 heteroatoms. The Morgan fingerprint density at radius 1 is 0.926 bits per heavy atom. The molecule has 27 heavy (non-hydrogen) atoms. The first-order valence-electron chi connectivity index (χ1n) is 9.69. The van der Waals surface area contributed by atoms with Gasteiger partial charge in [0.25, 0.3) is 0 Å². The van der Waals surface area contributed by atoms with Crippen molar-refractivity contribution in [3.63, 3.8) is 0 Å². The fourth-order valence-electron chi connectivity index (χ4n) is 3.07. The Bertz CT molecular complexity index is 714. The van der Waals surface area contributed by atoms with Gasteiger partial charge in [-0.05, 0) is 31.4 Å². The maximum absolute atomic E-state index is 13.0. The van der Waals surface area contributed by atoms with E-state index >= 15 is 0 Å². The van der Waals surface area contributed by atoms with E-state index in [1.165, 1.54) is 0 Å². The van der Waals surface area contributed by atoms with Gasteiger partial charge in [0.15, 0.2) is 0 Å². The first-order chi connectivity index (χ1) is 13.0. The lowest BCUT2D eigenvalue weighted by molar-refractivity contribution is -0.141. The Balaban J connectivity index is 2.34. The van der Waals surface area contributed by atoms with E-state index in [4.69, 9.17) is 0 Å². The molecular weight excluding hydrogens is 336 g/mol. The first-order valence-corrected chi connectivity index (χ1v) is 9.69. The van der Waals surface area contributed by atoms with Crippen LogP contribution in [0, 0.1) is 0 Å². The second-order valence-corrected chi connectivity index (χ2v) is 7.13. The Kier molecular flexibility index (Phi) is 8.05. The SMILES string of the molecule is CCCC(=O)N(Cc1ccccc1)C(Cc1ccccc1)C(=O)NC(C)C. The van der Waals surface area contributed by atoms with Gasteiger partial charge in [-0.15, -0.1) is 0 Å². The molecule has 0 radical (unpaired) electrons. The number of carbonyl (C=O) groups is 2. The molecule has 0 spiro atoms. The molecule has 144 valence electrons. The molecule has 0 saturated carbocycles. The Hall–Kier alpha value is -2.62. The van der Waals surface area contributed by atoms with Gasteiger partial charge in [0.2, 0.25) is 11.8 Å². The minimum absolute atomic E-state index is 0.0150. The third-order valence-corrected chi connectivity index (χ3v) is 4.36. The number of nitrogens with zero attached hydrogens (tertiary/aromatic N) is 1. The predicted molar refractivity (Wildman–Crippen MR) is 109 cm³/mol. The highest BCUT2D eigenvalue weighted by atomic mass is 16.2. The third kappa shape index (κ3) is 6.55. The average Bonchev–Trinajstić information content (AvgIpc) is 2.66. The molecule has 0 aromatic heterocycles. The van der Waals surface area contributed by atoms with E-state index in [0.29, 0.717) is 19.4 Å². The molecule has 4 nitrogen and oxygen atoms in total. The number of nitrogens with one attached hydrogen (secondary N) is 1. The van der Waals surface area contributed by atoms with Crippen molar-refractivity contribution in [2.45, 2.75) is 58.7 Å². The summed E-state index contributed by atoms with van der Waals surface area (Å²) in [5.41, 5.74) is 2.07. The molecule has 0 aliphatic rings. The number of amides is 2. The Labute approximate surface area is 162 Å². The van der Waals surface area contributed by atoms with Gasteiger partial charge < -0.3 is 10.2 Å². The summed E-state index contributed by atoms with van der Waals surface area (Å²) in [4.78, 5) is 27.6. The van der Waals surface area contributed by atoms with Gasteiger partial charge in [-0.3, -0.25) is 9.59 Å². The van der Waals surface area contributed by atoms with Gasteiger partial charge in [0.05, 0.1) is 0 Å². The highest BCUT2D eigenvalue weighted by Gasteiger charge is 2.30. The zero-order valence-electron chi connectivity index (χ0n) is 16.5. The smallest absolute Gasteiger partial charge is 0.243 e. The van der Waals surface area contributed by atoms with Gasteiger partial charge in [-0.1, -0.05) is 67.6 Å². The highest BCUT2D eigenvalue weighted by Crippen LogP contribution is 2.16. The van der Waals surface area contributed by atoms with Crippen LogP contribution in [0.5, 0.6) is 0 Å². The van der Waals surface area contributed by atoms with E-state index in [9.17, 15) is 9.59 Å². The lowest BCUT2D eigenvalue weighted by Gasteiger charge is -2.32. The molecule has 0 saturated heterocycles. The zero-order valence-corrected chi connectivity index (χ0v) is 16.5. The van der Waals surface area contributed by atoms with E-state index in [-0.39, 0.29) is 17.9 Å². The van der Waals surface area contributed by atoms with E-state index < -0.39 is 6.04 Å². The molecule has 0 bridgehead atoms. The number of benzene rings is 2. The van der Waals surface area contributed by atoms with Gasteiger partial charge in [0, 0.05) is 25.4 Å². The van der Waals surface area contributed by atoms with Gasteiger partial charge >= 0.3 is 0 Å². The van der Waals surface area contributed by atoms with Crippen molar-refractivity contribution >= 4 is 11.8 Å². The number of hydrogen-bond acceptors (Lipinski definition) is 2. The quantitative estimate of drug-likeness (QED) is 0.730. The van der Waals surface area contributed by atoms with E-state index in [2.05, 4.69) is 5.32 Å². The van der Waals surface area contributed by atoms with Crippen LogP contribution in [0.3, 0.4) is 0 Å². The summed E-state index contributed by atoms with van der Waals surface area (Å²) in [5, 5.41) is 2.99. The van der Waals surface area contributed by atoms with Crippen molar-refractivity contribution in [1.29, 1.82) is 0 Å². The summed E-state index contributed by atoms with van der Waals surface area (Å²) in [5.74, 6) is -0.0876. The molecule has 1 atom stereocenters. The summed E-state index contributed by atoms with van der Waals surface area (Å²) in [7, 11) is 0. The van der Waals surface area contributed by atoms with Gasteiger partial charge in [-0.2, -0.15) is 0 Å². The molecule has 2 rings (SSSR count). The number of hydrogen-bond donors (Lipinski definition) is 1. The molecule has 2 amide bonds. The predicted octanol–water partition coefficient (Wildman–Crippen LogP) is 3.95. The van der Waals surface area contributed by atoms with E-state index in [1.54, 1.807) is 4.90 Å². The maximum atomic E-state index is 13.0. The van der Waals surface area contributed by atoms with Crippen molar-refractivity contribution < 1.29 is 9.59 Å². The average molecular weight is 367 g/mol. The van der Waals surface area contributed by atoms with Crippen LogP contribution in [0.25, 0.3) is 0 Å². The standard InChI is InChI=1S/C23H30N2O2/c1-4-11-22(26)25(17-20-14-9-6-10-15-20)21(23(27)24-18(2)3)16-19-12-7-5-8-13-19/h5-10,12-15,18,21H,4,11,16-17H2,1-3H3,(H,24,27). The van der Waals surface area contributed by atoms with Crippen LogP contribution in [0.15, 0.2) is 60.7 Å². The molecule has 0 heterocycles. The zero-order chi connectivity index (χ0) is 19.6. The third-order valence-electron chi connectivity index (χ3n) is 4.36. The largest absolute Gasteiger partial charge is 0.352 e. The second kappa shape index (κ2) is 10.5. The van der Waals surface area contributed by atoms with Crippen molar-refractivity contribution in [2.75, 3.05) is 0 Å². The molecule has 2 aromatic rings. The lowest BCUT2D eigenvalue weighted by atomic mass is 10.0. The fraction of sp³-hybridized carbons (Fsp3) is 0.391.